The molecule has 0 aromatic heterocycles. The summed E-state index contributed by atoms with van der Waals surface area (Å²) in [7, 11) is 2.05. The highest BCUT2D eigenvalue weighted by Crippen LogP contribution is 2.71. The molecule has 61 heavy (non-hydrogen) atoms. The molecular weight excluding hydrogens is 775 g/mol. The number of piperazine rings is 1. The van der Waals surface area contributed by atoms with Gasteiger partial charge in [0.2, 0.25) is 5.91 Å². The molecule has 4 bridgehead atoms. The molecule has 8 aliphatic rings. The number of nitrogens with zero attached hydrogens (tertiary/aromatic N) is 3. The molecule has 1 spiro atoms. The van der Waals surface area contributed by atoms with Gasteiger partial charge in [-0.2, -0.15) is 0 Å². The lowest BCUT2D eigenvalue weighted by Gasteiger charge is -2.62. The first-order chi connectivity index (χ1) is 28.9. The van der Waals surface area contributed by atoms with Crippen LogP contribution in [0.4, 0.5) is 0 Å². The quantitative estimate of drug-likeness (QED) is 0.187. The van der Waals surface area contributed by atoms with Gasteiger partial charge in [-0.1, -0.05) is 29.4 Å². The Morgan fingerprint density at radius 3 is 2.33 bits per heavy atom. The first kappa shape index (κ1) is 43.8. The van der Waals surface area contributed by atoms with Crippen molar-refractivity contribution >= 4 is 23.5 Å². The Labute approximate surface area is 361 Å². The number of ketones is 2. The lowest BCUT2D eigenvalue weighted by Crippen LogP contribution is -2.80. The van der Waals surface area contributed by atoms with Crippen LogP contribution in [0.3, 0.4) is 0 Å². The summed E-state index contributed by atoms with van der Waals surface area (Å²) >= 11 is 0. The second kappa shape index (κ2) is 16.4. The first-order valence-corrected chi connectivity index (χ1v) is 22.5. The summed E-state index contributed by atoms with van der Waals surface area (Å²) in [5.41, 5.74) is -0.700. The predicted octanol–water partition coefficient (Wildman–Crippen LogP) is 6.34. The Balaban J connectivity index is 1.27. The van der Waals surface area contributed by atoms with Gasteiger partial charge in [0.15, 0.2) is 22.8 Å². The summed E-state index contributed by atoms with van der Waals surface area (Å²) in [5.74, 6) is -2.05. The molecule has 6 fully saturated rings. The van der Waals surface area contributed by atoms with E-state index in [1.807, 2.05) is 57.7 Å². The number of rotatable bonds is 12. The van der Waals surface area contributed by atoms with E-state index >= 15 is 9.59 Å². The van der Waals surface area contributed by atoms with Crippen LogP contribution in [0.25, 0.3) is 6.08 Å². The van der Waals surface area contributed by atoms with E-state index in [4.69, 9.17) is 23.7 Å². The zero-order valence-corrected chi connectivity index (χ0v) is 37.9. The highest BCUT2D eigenvalue weighted by atomic mass is 16.6. The number of benzene rings is 1. The maximum Gasteiger partial charge on any atom is 0.249 e. The van der Waals surface area contributed by atoms with Gasteiger partial charge in [0.05, 0.1) is 43.0 Å². The minimum Gasteiger partial charge on any atom is -0.506 e. The lowest BCUT2D eigenvalue weighted by atomic mass is 9.45. The van der Waals surface area contributed by atoms with Crippen LogP contribution in [0, 0.1) is 17.8 Å². The summed E-state index contributed by atoms with van der Waals surface area (Å²) in [6, 6.07) is 0. The minimum absolute atomic E-state index is 0.0507. The van der Waals surface area contributed by atoms with Gasteiger partial charge in [-0.3, -0.25) is 19.3 Å². The highest BCUT2D eigenvalue weighted by molar-refractivity contribution is 6.10. The first-order valence-electron chi connectivity index (χ1n) is 22.5. The fourth-order valence-corrected chi connectivity index (χ4v) is 11.4. The summed E-state index contributed by atoms with van der Waals surface area (Å²) in [4.78, 5) is 51.5. The molecule has 1 N–H and O–H groups in total. The number of hydrogen-bond acceptors (Lipinski definition) is 11. The molecule has 12 nitrogen and oxygen atoms in total. The summed E-state index contributed by atoms with van der Waals surface area (Å²) in [5, 5.41) is 12.3. The molecule has 3 aliphatic carbocycles. The lowest BCUT2D eigenvalue weighted by molar-refractivity contribution is -0.227. The van der Waals surface area contributed by atoms with Crippen LogP contribution >= 0.6 is 0 Å². The molecule has 3 saturated heterocycles. The van der Waals surface area contributed by atoms with Crippen molar-refractivity contribution in [2.24, 2.45) is 17.8 Å². The van der Waals surface area contributed by atoms with Crippen molar-refractivity contribution in [3.63, 3.8) is 0 Å². The van der Waals surface area contributed by atoms with Gasteiger partial charge < -0.3 is 38.6 Å². The number of likely N-dealkylation sites (N-methyl/N-ethyl adjacent to an activating group) is 1. The average Bonchev–Trinajstić information content (AvgIpc) is 3.35. The predicted molar refractivity (Wildman–Crippen MR) is 233 cm³/mol. The summed E-state index contributed by atoms with van der Waals surface area (Å²) < 4.78 is 34.1. The highest BCUT2D eigenvalue weighted by Gasteiger charge is 2.85. The zero-order valence-electron chi connectivity index (χ0n) is 37.9. The van der Waals surface area contributed by atoms with Gasteiger partial charge in [-0.25, -0.2) is 0 Å². The van der Waals surface area contributed by atoms with Gasteiger partial charge in [0.25, 0.3) is 0 Å². The number of carbonyl (C=O) groups excluding carboxylic acids is 3. The number of phenolic OH excluding ortho intramolecular Hbond substituents is 1. The van der Waals surface area contributed by atoms with Crippen LogP contribution < -0.4 is 9.47 Å². The van der Waals surface area contributed by atoms with Crippen LogP contribution in [0.2, 0.25) is 0 Å². The monoisotopic (exact) mass is 841 g/mol. The Morgan fingerprint density at radius 1 is 0.934 bits per heavy atom. The van der Waals surface area contributed by atoms with E-state index in [9.17, 15) is 9.90 Å². The number of allylic oxidation sites excluding steroid dienone is 4. The Kier molecular flexibility index (Phi) is 11.8. The molecule has 7 unspecified atom stereocenters. The summed E-state index contributed by atoms with van der Waals surface area (Å²) in [6.07, 6.45) is 11.5. The maximum atomic E-state index is 15.8. The van der Waals surface area contributed by atoms with Crippen LogP contribution in [-0.2, 0) is 30.2 Å². The van der Waals surface area contributed by atoms with Gasteiger partial charge in [0, 0.05) is 75.2 Å². The number of Topliss-reactive ketones (excluding diaryl/α,β-unsaturated/α-hetero) is 2. The van der Waals surface area contributed by atoms with Crippen LogP contribution in [0.1, 0.15) is 103 Å². The fraction of sp³-hybridized carbons (Fsp3) is 0.653. The van der Waals surface area contributed by atoms with Crippen LogP contribution in [0.15, 0.2) is 41.0 Å². The Morgan fingerprint density at radius 2 is 1.64 bits per heavy atom. The number of carbonyl (C=O) groups is 3. The third-order valence-corrected chi connectivity index (χ3v) is 14.6. The second-order valence-corrected chi connectivity index (χ2v) is 19.8. The number of phenols is 1. The largest absolute Gasteiger partial charge is 0.506 e. The van der Waals surface area contributed by atoms with Crippen molar-refractivity contribution in [1.82, 2.24) is 14.7 Å². The van der Waals surface area contributed by atoms with E-state index in [-0.39, 0.29) is 41.0 Å². The molecule has 7 atom stereocenters. The number of morpholine rings is 1. The maximum absolute atomic E-state index is 15.8. The van der Waals surface area contributed by atoms with Gasteiger partial charge >= 0.3 is 0 Å². The third kappa shape index (κ3) is 7.41. The molecule has 5 aliphatic heterocycles. The Hall–Kier alpha value is -3.81. The van der Waals surface area contributed by atoms with Crippen molar-refractivity contribution in [3.8, 4) is 17.2 Å². The SMILES string of the molecule is CC(C)=CCCC1(C)C=Cc2c(O)c3c(c(CC=C(C)C)c2O1)OC12C(C3=O)C(OCCN3CCOCC3)C3CC1C(C)(C)OC2(C/C=C(/C)C(=O)N1CCN(C)CC1)C3=O. The van der Waals surface area contributed by atoms with Crippen molar-refractivity contribution in [1.29, 1.82) is 0 Å². The molecule has 332 valence electrons. The molecule has 3 saturated carbocycles. The van der Waals surface area contributed by atoms with Crippen LogP contribution in [0.5, 0.6) is 17.2 Å². The van der Waals surface area contributed by atoms with E-state index in [1.54, 1.807) is 6.92 Å². The standard InChI is InChI=1S/C49H67N3O9/c1-30(2)11-10-16-47(8)17-15-33-39(53)37-40(54)38-43(58-28-25-51-23-26-57-27-24-51)35-29-36-46(6,7)61-48(44(35)55,18-14-32(5)45(56)52-21-19-50(9)20-22-52)49(36,38)60-42(37)34(41(33)59-47)13-12-31(3)4/h11-12,14-15,17,35-36,38,43,53H,10,13,16,18-29H2,1-9H3/b32-14-. The Bertz CT molecular complexity index is 2070. The third-order valence-electron chi connectivity index (χ3n) is 14.6. The molecule has 0 radical (unpaired) electrons. The molecular formula is C49H67N3O9. The number of amides is 1. The van der Waals surface area contributed by atoms with Gasteiger partial charge in [-0.15, -0.1) is 0 Å². The van der Waals surface area contributed by atoms with E-state index in [2.05, 4.69) is 42.8 Å². The normalized spacial score (nSPS) is 32.7. The molecule has 5 heterocycles. The summed E-state index contributed by atoms with van der Waals surface area (Å²) in [6.45, 7) is 22.6. The number of ether oxygens (including phenoxy) is 5. The van der Waals surface area contributed by atoms with Crippen molar-refractivity contribution < 1.29 is 43.2 Å². The van der Waals surface area contributed by atoms with Crippen LogP contribution in [-0.4, -0.2) is 138 Å². The van der Waals surface area contributed by atoms with Gasteiger partial charge in [-0.05, 0) is 100 Å². The van der Waals surface area contributed by atoms with Crippen molar-refractivity contribution in [3.05, 3.63) is 57.7 Å². The molecule has 12 heteroatoms. The number of fused-ring (bicyclic) bond motifs is 2. The molecule has 1 amide bonds. The topological polar surface area (TPSA) is 127 Å². The van der Waals surface area contributed by atoms with E-state index in [0.717, 1.165) is 38.2 Å². The molecule has 1 aromatic rings. The van der Waals surface area contributed by atoms with Gasteiger partial charge in [0.1, 0.15) is 28.4 Å². The fourth-order valence-electron chi connectivity index (χ4n) is 11.4. The zero-order chi connectivity index (χ0) is 43.6. The molecule has 9 rings (SSSR count). The van der Waals surface area contributed by atoms with E-state index < -0.39 is 46.3 Å². The second-order valence-electron chi connectivity index (χ2n) is 19.8. The van der Waals surface area contributed by atoms with Crippen molar-refractivity contribution in [2.75, 3.05) is 72.7 Å². The average molecular weight is 842 g/mol. The number of hydrogen-bond donors (Lipinski definition) is 1. The van der Waals surface area contributed by atoms with Crippen molar-refractivity contribution in [2.45, 2.75) is 116 Å². The molecule has 1 aromatic carbocycles. The van der Waals surface area contributed by atoms with E-state index in [0.29, 0.717) is 81.2 Å². The number of aromatic hydroxyl groups is 1. The minimum atomic E-state index is -1.62. The van der Waals surface area contributed by atoms with E-state index in [1.165, 1.54) is 5.57 Å². The smallest absolute Gasteiger partial charge is 0.249 e.